The zero-order chi connectivity index (χ0) is 17.9. The van der Waals surface area contributed by atoms with Crippen LogP contribution in [0, 0.1) is 0 Å². The number of nitrogens with one attached hydrogen (secondary N) is 1. The van der Waals surface area contributed by atoms with Crippen LogP contribution in [0.5, 0.6) is 0 Å². The van der Waals surface area contributed by atoms with Gasteiger partial charge in [-0.1, -0.05) is 19.1 Å². The van der Waals surface area contributed by atoms with Gasteiger partial charge in [-0.3, -0.25) is 4.79 Å². The molecule has 2 aliphatic heterocycles. The van der Waals surface area contributed by atoms with E-state index < -0.39 is 16.1 Å². The molecule has 1 aromatic carbocycles. The summed E-state index contributed by atoms with van der Waals surface area (Å²) in [6.45, 7) is 2.28. The Balaban J connectivity index is 1.70. The van der Waals surface area contributed by atoms with Gasteiger partial charge in [0.05, 0.1) is 10.3 Å². The van der Waals surface area contributed by atoms with Crippen molar-refractivity contribution in [2.24, 2.45) is 0 Å². The molecule has 5 nitrogen and oxygen atoms in total. The summed E-state index contributed by atoms with van der Waals surface area (Å²) in [7, 11) is -3.35. The van der Waals surface area contributed by atoms with E-state index in [0.717, 1.165) is 23.6 Å². The molecule has 2 aliphatic rings. The average Bonchev–Trinajstić information content (AvgIpc) is 3.27. The Hall–Kier alpha value is -0.700. The Morgan fingerprint density at radius 3 is 2.80 bits per heavy atom. The molecule has 2 heterocycles. The quantitative estimate of drug-likeness (QED) is 0.794. The van der Waals surface area contributed by atoms with E-state index in [1.165, 1.54) is 9.87 Å². The minimum atomic E-state index is -3.35. The summed E-state index contributed by atoms with van der Waals surface area (Å²) in [5, 5.41) is 2.93. The van der Waals surface area contributed by atoms with Crippen LogP contribution in [-0.4, -0.2) is 48.5 Å². The van der Waals surface area contributed by atoms with E-state index in [1.807, 2.05) is 48.6 Å². The largest absolute Gasteiger partial charge is 0.325 e. The molecule has 1 amide bonds. The highest BCUT2D eigenvalue weighted by Crippen LogP contribution is 2.45. The third-order valence-electron chi connectivity index (χ3n) is 4.37. The number of rotatable bonds is 6. The summed E-state index contributed by atoms with van der Waals surface area (Å²) in [6.07, 6.45) is 1.88. The summed E-state index contributed by atoms with van der Waals surface area (Å²) in [5.74, 6) is 2.18. The SMILES string of the molecule is CCCS(=O)(=O)N1CCCC1C(=O)Nc1cccc(C2SCCS2)c1. The third-order valence-corrected chi connectivity index (χ3v) is 9.55. The predicted molar refractivity (Wildman–Crippen MR) is 107 cm³/mol. The van der Waals surface area contributed by atoms with Gasteiger partial charge in [0, 0.05) is 23.7 Å². The van der Waals surface area contributed by atoms with E-state index in [4.69, 9.17) is 0 Å². The minimum absolute atomic E-state index is 0.0996. The molecular formula is C17H24N2O3S3. The summed E-state index contributed by atoms with van der Waals surface area (Å²) >= 11 is 3.84. The molecule has 0 spiro atoms. The Labute approximate surface area is 158 Å². The first-order valence-electron chi connectivity index (χ1n) is 8.65. The second-order valence-corrected chi connectivity index (χ2v) is 11.0. The molecule has 1 N–H and O–H groups in total. The first-order valence-corrected chi connectivity index (χ1v) is 12.4. The van der Waals surface area contributed by atoms with E-state index >= 15 is 0 Å². The molecule has 138 valence electrons. The number of anilines is 1. The summed E-state index contributed by atoms with van der Waals surface area (Å²) in [6, 6.07) is 7.32. The maximum atomic E-state index is 12.7. The van der Waals surface area contributed by atoms with Crippen LogP contribution in [0.4, 0.5) is 5.69 Å². The van der Waals surface area contributed by atoms with Crippen molar-refractivity contribution in [1.82, 2.24) is 4.31 Å². The Kier molecular flexibility index (Phi) is 6.35. The number of carbonyl (C=O) groups is 1. The number of hydrogen-bond donors (Lipinski definition) is 1. The Morgan fingerprint density at radius 1 is 1.32 bits per heavy atom. The van der Waals surface area contributed by atoms with Gasteiger partial charge < -0.3 is 5.32 Å². The number of sulfonamides is 1. The maximum absolute atomic E-state index is 12.7. The summed E-state index contributed by atoms with van der Waals surface area (Å²) < 4.78 is 26.5. The fourth-order valence-corrected chi connectivity index (χ4v) is 7.83. The van der Waals surface area contributed by atoms with Crippen LogP contribution >= 0.6 is 23.5 Å². The number of hydrogen-bond acceptors (Lipinski definition) is 5. The third kappa shape index (κ3) is 4.53. The van der Waals surface area contributed by atoms with E-state index in [1.54, 1.807) is 0 Å². The van der Waals surface area contributed by atoms with E-state index in [-0.39, 0.29) is 11.7 Å². The van der Waals surface area contributed by atoms with E-state index in [2.05, 4.69) is 11.4 Å². The second kappa shape index (κ2) is 8.33. The predicted octanol–water partition coefficient (Wildman–Crippen LogP) is 3.31. The molecule has 1 aromatic rings. The first kappa shape index (κ1) is 19.1. The van der Waals surface area contributed by atoms with E-state index in [9.17, 15) is 13.2 Å². The molecule has 1 unspecified atom stereocenters. The van der Waals surface area contributed by atoms with Crippen molar-refractivity contribution < 1.29 is 13.2 Å². The highest BCUT2D eigenvalue weighted by atomic mass is 32.2. The fourth-order valence-electron chi connectivity index (χ4n) is 3.25. The standard InChI is InChI=1S/C17H24N2O3S3/c1-2-11-25(21,22)19-8-4-7-15(19)16(20)18-14-6-3-5-13(12-14)17-23-9-10-24-17/h3,5-6,12,15,17H,2,4,7-11H2,1H3,(H,18,20). The van der Waals surface area contributed by atoms with Crippen molar-refractivity contribution in [2.45, 2.75) is 36.8 Å². The minimum Gasteiger partial charge on any atom is -0.325 e. The van der Waals surface area contributed by atoms with Gasteiger partial charge in [0.25, 0.3) is 0 Å². The first-order chi connectivity index (χ1) is 12.0. The summed E-state index contributed by atoms with van der Waals surface area (Å²) in [4.78, 5) is 12.7. The molecule has 0 aromatic heterocycles. The van der Waals surface area contributed by atoms with Crippen LogP contribution in [0.1, 0.15) is 36.3 Å². The normalized spacial score (nSPS) is 22.4. The van der Waals surface area contributed by atoms with Crippen LogP contribution in [0.15, 0.2) is 24.3 Å². The van der Waals surface area contributed by atoms with Crippen LogP contribution < -0.4 is 5.32 Å². The van der Waals surface area contributed by atoms with Gasteiger partial charge in [-0.25, -0.2) is 8.42 Å². The van der Waals surface area contributed by atoms with Crippen molar-refractivity contribution in [1.29, 1.82) is 0 Å². The second-order valence-electron chi connectivity index (χ2n) is 6.27. The number of thioether (sulfide) groups is 2. The van der Waals surface area contributed by atoms with Crippen molar-refractivity contribution in [3.05, 3.63) is 29.8 Å². The molecule has 0 radical (unpaired) electrons. The van der Waals surface area contributed by atoms with Gasteiger partial charge in [-0.2, -0.15) is 4.31 Å². The number of carbonyl (C=O) groups excluding carboxylic acids is 1. The molecule has 2 fully saturated rings. The maximum Gasteiger partial charge on any atom is 0.242 e. The lowest BCUT2D eigenvalue weighted by atomic mass is 10.2. The van der Waals surface area contributed by atoms with Gasteiger partial charge in [0.15, 0.2) is 0 Å². The zero-order valence-electron chi connectivity index (χ0n) is 14.3. The molecule has 1 atom stereocenters. The van der Waals surface area contributed by atoms with Gasteiger partial charge >= 0.3 is 0 Å². The van der Waals surface area contributed by atoms with Gasteiger partial charge in [0.2, 0.25) is 15.9 Å². The molecule has 0 bridgehead atoms. The van der Waals surface area contributed by atoms with Crippen molar-refractivity contribution in [3.63, 3.8) is 0 Å². The van der Waals surface area contributed by atoms with Gasteiger partial charge in [-0.15, -0.1) is 23.5 Å². The van der Waals surface area contributed by atoms with E-state index in [0.29, 0.717) is 24.0 Å². The highest BCUT2D eigenvalue weighted by molar-refractivity contribution is 8.19. The van der Waals surface area contributed by atoms with Gasteiger partial charge in [0.1, 0.15) is 6.04 Å². The van der Waals surface area contributed by atoms with Crippen LogP contribution in [0.3, 0.4) is 0 Å². The molecule has 25 heavy (non-hydrogen) atoms. The highest BCUT2D eigenvalue weighted by Gasteiger charge is 2.38. The van der Waals surface area contributed by atoms with Crippen molar-refractivity contribution in [2.75, 3.05) is 29.1 Å². The smallest absolute Gasteiger partial charge is 0.242 e. The topological polar surface area (TPSA) is 66.5 Å². The molecule has 0 aliphatic carbocycles. The lowest BCUT2D eigenvalue weighted by molar-refractivity contribution is -0.119. The lowest BCUT2D eigenvalue weighted by Crippen LogP contribution is -2.44. The average molecular weight is 401 g/mol. The van der Waals surface area contributed by atoms with Gasteiger partial charge in [-0.05, 0) is 37.0 Å². The Morgan fingerprint density at radius 2 is 2.08 bits per heavy atom. The molecule has 2 saturated heterocycles. The number of nitrogens with zero attached hydrogens (tertiary/aromatic N) is 1. The van der Waals surface area contributed by atoms with Crippen molar-refractivity contribution in [3.8, 4) is 0 Å². The summed E-state index contributed by atoms with van der Waals surface area (Å²) in [5.41, 5.74) is 1.95. The lowest BCUT2D eigenvalue weighted by Gasteiger charge is -2.23. The van der Waals surface area contributed by atoms with Crippen LogP contribution in [0.2, 0.25) is 0 Å². The Bertz CT molecular complexity index is 718. The molecule has 0 saturated carbocycles. The molecule has 8 heteroatoms. The van der Waals surface area contributed by atoms with Crippen LogP contribution in [-0.2, 0) is 14.8 Å². The zero-order valence-corrected chi connectivity index (χ0v) is 16.8. The monoisotopic (exact) mass is 400 g/mol. The molecular weight excluding hydrogens is 376 g/mol. The molecule has 3 rings (SSSR count). The van der Waals surface area contributed by atoms with Crippen LogP contribution in [0.25, 0.3) is 0 Å². The fraction of sp³-hybridized carbons (Fsp3) is 0.588. The van der Waals surface area contributed by atoms with Crippen molar-refractivity contribution >= 4 is 45.1 Å². The number of benzene rings is 1. The number of amides is 1.